The van der Waals surface area contributed by atoms with Crippen molar-refractivity contribution in [3.05, 3.63) is 81.0 Å². The summed E-state index contributed by atoms with van der Waals surface area (Å²) >= 11 is 0. The number of nitrogens with one attached hydrogen (secondary N) is 2. The Morgan fingerprint density at radius 2 is 1.89 bits per heavy atom. The number of carbonyl (C=O) groups is 3. The highest BCUT2D eigenvalue weighted by atomic mass is 16.6. The molecule has 11 heteroatoms. The predicted octanol–water partition coefficient (Wildman–Crippen LogP) is 3.79. The smallest absolute Gasteiger partial charge is 0.338 e. The average Bonchev–Trinajstić information content (AvgIpc) is 2.86. The first kappa shape index (κ1) is 26.4. The maximum atomic E-state index is 12.9. The molecule has 36 heavy (non-hydrogen) atoms. The summed E-state index contributed by atoms with van der Waals surface area (Å²) in [5.74, 6) is -1.07. The van der Waals surface area contributed by atoms with E-state index in [0.29, 0.717) is 35.5 Å². The minimum Gasteiger partial charge on any atom is -0.460 e. The minimum atomic E-state index is -0.748. The van der Waals surface area contributed by atoms with E-state index in [4.69, 9.17) is 9.47 Å². The Labute approximate surface area is 208 Å². The third kappa shape index (κ3) is 6.05. The number of nitro groups is 1. The van der Waals surface area contributed by atoms with Crippen molar-refractivity contribution in [3.63, 3.8) is 0 Å². The Morgan fingerprint density at radius 1 is 1.17 bits per heavy atom. The second kappa shape index (κ2) is 11.9. The van der Waals surface area contributed by atoms with Gasteiger partial charge in [-0.2, -0.15) is 0 Å². The number of nitrogens with zero attached hydrogens (tertiary/aromatic N) is 2. The molecule has 0 radical (unpaired) electrons. The number of carbonyl (C=O) groups excluding carboxylic acids is 3. The van der Waals surface area contributed by atoms with Crippen LogP contribution in [0.5, 0.6) is 0 Å². The normalized spacial score (nSPS) is 15.4. The summed E-state index contributed by atoms with van der Waals surface area (Å²) in [6.07, 6.45) is 0.709. The molecule has 1 heterocycles. The molecule has 0 bridgehead atoms. The van der Waals surface area contributed by atoms with Crippen molar-refractivity contribution in [3.8, 4) is 0 Å². The second-order valence-corrected chi connectivity index (χ2v) is 8.05. The van der Waals surface area contributed by atoms with Crippen LogP contribution in [-0.4, -0.2) is 54.6 Å². The second-order valence-electron chi connectivity index (χ2n) is 8.05. The van der Waals surface area contributed by atoms with Crippen molar-refractivity contribution in [2.75, 3.05) is 32.2 Å². The number of amides is 3. The summed E-state index contributed by atoms with van der Waals surface area (Å²) in [4.78, 5) is 50.2. The number of anilines is 1. The topological polar surface area (TPSA) is 140 Å². The van der Waals surface area contributed by atoms with E-state index in [2.05, 4.69) is 10.6 Å². The maximum Gasteiger partial charge on any atom is 0.338 e. The zero-order valence-corrected chi connectivity index (χ0v) is 20.3. The Kier molecular flexibility index (Phi) is 8.74. The third-order valence-corrected chi connectivity index (χ3v) is 5.61. The number of rotatable bonds is 10. The van der Waals surface area contributed by atoms with Gasteiger partial charge in [-0.3, -0.25) is 19.8 Å². The summed E-state index contributed by atoms with van der Waals surface area (Å²) in [5, 5.41) is 16.5. The van der Waals surface area contributed by atoms with Gasteiger partial charge in [0.25, 0.3) is 11.6 Å². The van der Waals surface area contributed by atoms with Crippen molar-refractivity contribution in [2.24, 2.45) is 0 Å². The Morgan fingerprint density at radius 3 is 2.53 bits per heavy atom. The molecular formula is C25H28N4O7. The van der Waals surface area contributed by atoms with E-state index in [1.165, 1.54) is 36.3 Å². The Balaban J connectivity index is 1.84. The summed E-state index contributed by atoms with van der Waals surface area (Å²) in [5.41, 5.74) is 1.84. The zero-order chi connectivity index (χ0) is 26.2. The molecule has 1 unspecified atom stereocenters. The molecule has 0 aliphatic carbocycles. The summed E-state index contributed by atoms with van der Waals surface area (Å²) in [7, 11) is 1.50. The fourth-order valence-corrected chi connectivity index (χ4v) is 3.81. The van der Waals surface area contributed by atoms with Crippen LogP contribution in [0, 0.1) is 10.1 Å². The van der Waals surface area contributed by atoms with Gasteiger partial charge in [-0.1, -0.05) is 25.1 Å². The summed E-state index contributed by atoms with van der Waals surface area (Å²) < 4.78 is 10.3. The molecule has 0 fully saturated rings. The van der Waals surface area contributed by atoms with Gasteiger partial charge in [0.1, 0.15) is 6.61 Å². The lowest BCUT2D eigenvalue weighted by Crippen LogP contribution is -2.48. The number of methoxy groups -OCH3 is 1. The van der Waals surface area contributed by atoms with Crippen LogP contribution in [-0.2, 0) is 14.3 Å². The number of esters is 1. The van der Waals surface area contributed by atoms with Gasteiger partial charge < -0.3 is 20.1 Å². The molecule has 1 aliphatic heterocycles. The molecule has 2 aromatic rings. The van der Waals surface area contributed by atoms with Gasteiger partial charge in [0.05, 0.1) is 23.1 Å². The van der Waals surface area contributed by atoms with Crippen molar-refractivity contribution in [1.29, 1.82) is 0 Å². The van der Waals surface area contributed by atoms with Crippen LogP contribution in [0.25, 0.3) is 0 Å². The number of ether oxygens (including phenoxy) is 2. The maximum absolute atomic E-state index is 12.9. The molecule has 0 saturated carbocycles. The van der Waals surface area contributed by atoms with Crippen LogP contribution in [0.15, 0.2) is 59.8 Å². The first-order valence-corrected chi connectivity index (χ1v) is 11.4. The molecule has 0 aromatic heterocycles. The first-order valence-electron chi connectivity index (χ1n) is 11.4. The van der Waals surface area contributed by atoms with E-state index in [0.717, 1.165) is 0 Å². The van der Waals surface area contributed by atoms with Gasteiger partial charge in [-0.15, -0.1) is 0 Å². The number of hydrogen-bond donors (Lipinski definition) is 2. The summed E-state index contributed by atoms with van der Waals surface area (Å²) in [6, 6.07) is 10.9. The van der Waals surface area contributed by atoms with Crippen LogP contribution < -0.4 is 10.6 Å². The highest BCUT2D eigenvalue weighted by Gasteiger charge is 2.36. The number of hydrogen-bond acceptors (Lipinski definition) is 7. The van der Waals surface area contributed by atoms with Crippen molar-refractivity contribution in [1.82, 2.24) is 10.2 Å². The van der Waals surface area contributed by atoms with Crippen molar-refractivity contribution in [2.45, 2.75) is 26.3 Å². The molecule has 1 atom stereocenters. The lowest BCUT2D eigenvalue weighted by Gasteiger charge is -2.35. The highest BCUT2D eigenvalue weighted by molar-refractivity contribution is 6.04. The van der Waals surface area contributed by atoms with Gasteiger partial charge in [-0.25, -0.2) is 9.59 Å². The molecule has 11 nitrogen and oxygen atoms in total. The third-order valence-electron chi connectivity index (χ3n) is 5.61. The molecule has 2 N–H and O–H groups in total. The van der Waals surface area contributed by atoms with Crippen LogP contribution in [0.4, 0.5) is 16.2 Å². The fraction of sp³-hybridized carbons (Fsp3) is 0.320. The van der Waals surface area contributed by atoms with Gasteiger partial charge in [0, 0.05) is 42.7 Å². The van der Waals surface area contributed by atoms with E-state index in [1.807, 2.05) is 6.92 Å². The van der Waals surface area contributed by atoms with Gasteiger partial charge in [0.15, 0.2) is 0 Å². The van der Waals surface area contributed by atoms with Gasteiger partial charge in [-0.05, 0) is 37.1 Å². The molecule has 1 aliphatic rings. The molecule has 190 valence electrons. The number of allylic oxidation sites excluding steroid dienone is 1. The molecular weight excluding hydrogens is 468 g/mol. The monoisotopic (exact) mass is 496 g/mol. The van der Waals surface area contributed by atoms with Gasteiger partial charge >= 0.3 is 12.0 Å². The molecule has 3 rings (SSSR count). The quantitative estimate of drug-likeness (QED) is 0.221. The van der Waals surface area contributed by atoms with E-state index in [1.54, 1.807) is 31.2 Å². The lowest BCUT2D eigenvalue weighted by atomic mass is 9.94. The number of benzene rings is 2. The fourth-order valence-electron chi connectivity index (χ4n) is 3.81. The van der Waals surface area contributed by atoms with E-state index < -0.39 is 22.8 Å². The SMILES string of the molecule is CCCN1C(=O)NC(c2ccc(NC(=O)c3cccc([N+](=O)[O-])c3)cc2)C(C(=O)OCCOC)=C1C. The lowest BCUT2D eigenvalue weighted by molar-refractivity contribution is -0.384. The van der Waals surface area contributed by atoms with Crippen LogP contribution in [0.1, 0.15) is 42.2 Å². The molecule has 3 amide bonds. The predicted molar refractivity (Wildman–Crippen MR) is 131 cm³/mol. The average molecular weight is 497 g/mol. The van der Waals surface area contributed by atoms with Crippen molar-refractivity contribution >= 4 is 29.3 Å². The zero-order valence-electron chi connectivity index (χ0n) is 20.3. The minimum absolute atomic E-state index is 0.0726. The van der Waals surface area contributed by atoms with E-state index in [9.17, 15) is 24.5 Å². The Hall–Kier alpha value is -4.25. The van der Waals surface area contributed by atoms with Crippen LogP contribution >= 0.6 is 0 Å². The number of urea groups is 1. The Bertz CT molecular complexity index is 1180. The largest absolute Gasteiger partial charge is 0.460 e. The van der Waals surface area contributed by atoms with E-state index >= 15 is 0 Å². The van der Waals surface area contributed by atoms with Crippen LogP contribution in [0.3, 0.4) is 0 Å². The van der Waals surface area contributed by atoms with E-state index in [-0.39, 0.29) is 30.5 Å². The van der Waals surface area contributed by atoms with Crippen molar-refractivity contribution < 1.29 is 28.8 Å². The number of nitro benzene ring substituents is 1. The highest BCUT2D eigenvalue weighted by Crippen LogP contribution is 2.32. The standard InChI is InChI=1S/C25H28N4O7/c1-4-12-28-16(2)21(24(31)36-14-13-35-3)22(27-25(28)32)17-8-10-19(11-9-17)26-23(30)18-6-5-7-20(15-18)29(33)34/h5-11,15,22H,4,12-14H2,1-3H3,(H,26,30)(H,27,32). The molecule has 0 spiro atoms. The number of non-ortho nitro benzene ring substituents is 1. The summed E-state index contributed by atoms with van der Waals surface area (Å²) in [6.45, 7) is 4.41. The molecule has 0 saturated heterocycles. The molecule has 2 aromatic carbocycles. The first-order chi connectivity index (χ1) is 17.3. The van der Waals surface area contributed by atoms with Crippen LogP contribution in [0.2, 0.25) is 0 Å². The van der Waals surface area contributed by atoms with Gasteiger partial charge in [0.2, 0.25) is 0 Å².